The lowest BCUT2D eigenvalue weighted by Gasteiger charge is -2.22. The third-order valence-electron chi connectivity index (χ3n) is 5.70. The first-order valence-electron chi connectivity index (χ1n) is 10.0. The van der Waals surface area contributed by atoms with E-state index in [-0.39, 0.29) is 5.63 Å². The lowest BCUT2D eigenvalue weighted by atomic mass is 10.1. The highest BCUT2D eigenvalue weighted by atomic mass is 16.4. The van der Waals surface area contributed by atoms with Crippen molar-refractivity contribution in [1.82, 2.24) is 14.3 Å². The Morgan fingerprint density at radius 3 is 2.83 bits per heavy atom. The van der Waals surface area contributed by atoms with Crippen molar-refractivity contribution in [2.75, 3.05) is 38.1 Å². The second kappa shape index (κ2) is 7.04. The first-order valence-corrected chi connectivity index (χ1v) is 10.0. The van der Waals surface area contributed by atoms with Crippen molar-refractivity contribution in [1.29, 1.82) is 0 Å². The third-order valence-corrected chi connectivity index (χ3v) is 5.70. The van der Waals surface area contributed by atoms with Crippen LogP contribution in [-0.2, 0) is 0 Å². The van der Waals surface area contributed by atoms with Crippen molar-refractivity contribution in [2.45, 2.75) is 13.3 Å². The summed E-state index contributed by atoms with van der Waals surface area (Å²) in [6.07, 6.45) is 4.95. The molecule has 0 bridgehead atoms. The van der Waals surface area contributed by atoms with E-state index in [9.17, 15) is 4.79 Å². The first kappa shape index (κ1) is 17.9. The van der Waals surface area contributed by atoms with Crippen molar-refractivity contribution >= 4 is 22.3 Å². The number of nitrogens with zero attached hydrogens (tertiary/aromatic N) is 4. The molecular weight excluding hydrogens is 364 g/mol. The van der Waals surface area contributed by atoms with Crippen LogP contribution in [0.4, 0.5) is 5.69 Å². The van der Waals surface area contributed by atoms with E-state index in [2.05, 4.69) is 27.9 Å². The number of fused-ring (bicyclic) bond motifs is 2. The average Bonchev–Trinajstić information content (AvgIpc) is 2.99. The van der Waals surface area contributed by atoms with Gasteiger partial charge in [-0.2, -0.15) is 0 Å². The molecule has 5 rings (SSSR count). The second-order valence-corrected chi connectivity index (χ2v) is 7.91. The van der Waals surface area contributed by atoms with Crippen LogP contribution < -0.4 is 10.5 Å². The molecule has 0 amide bonds. The molecule has 4 aromatic rings. The van der Waals surface area contributed by atoms with Crippen molar-refractivity contribution in [3.8, 4) is 11.3 Å². The number of benzene rings is 1. The smallest absolute Gasteiger partial charge is 0.345 e. The standard InChI is InChI=1S/C23H24N4O2/c1-16-6-9-27-15-20(24-22(27)12-16)19-13-17-4-5-18(14-21(17)29-23(19)28)26-8-3-7-25(2)10-11-26/h4-6,9,12-15H,3,7-8,10-11H2,1-2H3. The lowest BCUT2D eigenvalue weighted by molar-refractivity contribution is 0.360. The number of aryl methyl sites for hydroxylation is 1. The molecule has 0 atom stereocenters. The van der Waals surface area contributed by atoms with E-state index in [0.717, 1.165) is 54.9 Å². The number of likely N-dealkylation sites (N-methyl/N-ethyl adjacent to an activating group) is 1. The average molecular weight is 388 g/mol. The molecule has 0 N–H and O–H groups in total. The van der Waals surface area contributed by atoms with Crippen LogP contribution in [0.2, 0.25) is 0 Å². The monoisotopic (exact) mass is 388 g/mol. The summed E-state index contributed by atoms with van der Waals surface area (Å²) in [5.41, 5.74) is 4.44. The Bertz CT molecular complexity index is 1260. The van der Waals surface area contributed by atoms with Gasteiger partial charge in [0.25, 0.3) is 0 Å². The van der Waals surface area contributed by atoms with E-state index in [0.29, 0.717) is 16.8 Å². The summed E-state index contributed by atoms with van der Waals surface area (Å²) >= 11 is 0. The Morgan fingerprint density at radius 1 is 1.03 bits per heavy atom. The van der Waals surface area contributed by atoms with E-state index in [4.69, 9.17) is 4.42 Å². The summed E-state index contributed by atoms with van der Waals surface area (Å²) in [6, 6.07) is 12.0. The van der Waals surface area contributed by atoms with Crippen LogP contribution in [0.1, 0.15) is 12.0 Å². The number of hydrogen-bond acceptors (Lipinski definition) is 5. The number of imidazole rings is 1. The lowest BCUT2D eigenvalue weighted by Crippen LogP contribution is -2.28. The number of aromatic nitrogens is 2. The van der Waals surface area contributed by atoms with Crippen LogP contribution in [0.15, 0.2) is 58.0 Å². The highest BCUT2D eigenvalue weighted by molar-refractivity contribution is 5.84. The zero-order valence-electron chi connectivity index (χ0n) is 16.8. The maximum Gasteiger partial charge on any atom is 0.345 e. The van der Waals surface area contributed by atoms with E-state index >= 15 is 0 Å². The summed E-state index contributed by atoms with van der Waals surface area (Å²) in [5, 5.41) is 0.906. The van der Waals surface area contributed by atoms with E-state index in [1.54, 1.807) is 0 Å². The molecule has 0 unspecified atom stereocenters. The molecule has 4 heterocycles. The molecule has 29 heavy (non-hydrogen) atoms. The SMILES string of the molecule is Cc1ccn2cc(-c3cc4ccc(N5CCCN(C)CC5)cc4oc3=O)nc2c1. The molecule has 1 saturated heterocycles. The maximum atomic E-state index is 12.7. The Hall–Kier alpha value is -3.12. The van der Waals surface area contributed by atoms with Crippen LogP contribution in [0.3, 0.4) is 0 Å². The third kappa shape index (κ3) is 3.40. The first-order chi connectivity index (χ1) is 14.1. The Morgan fingerprint density at radius 2 is 1.93 bits per heavy atom. The minimum atomic E-state index is -0.356. The molecule has 0 aliphatic carbocycles. The molecular formula is C23H24N4O2. The summed E-state index contributed by atoms with van der Waals surface area (Å²) in [7, 11) is 2.16. The van der Waals surface area contributed by atoms with Gasteiger partial charge in [0.2, 0.25) is 0 Å². The second-order valence-electron chi connectivity index (χ2n) is 7.91. The quantitative estimate of drug-likeness (QED) is 0.492. The van der Waals surface area contributed by atoms with Crippen molar-refractivity contribution < 1.29 is 4.42 Å². The molecule has 1 aliphatic heterocycles. The van der Waals surface area contributed by atoms with Crippen LogP contribution >= 0.6 is 0 Å². The molecule has 1 aromatic carbocycles. The molecule has 1 aliphatic rings. The molecule has 148 valence electrons. The van der Waals surface area contributed by atoms with E-state index in [1.165, 1.54) is 0 Å². The van der Waals surface area contributed by atoms with Gasteiger partial charge in [0.05, 0.1) is 11.3 Å². The number of anilines is 1. The van der Waals surface area contributed by atoms with Gasteiger partial charge in [-0.25, -0.2) is 9.78 Å². The summed E-state index contributed by atoms with van der Waals surface area (Å²) in [5.74, 6) is 0. The van der Waals surface area contributed by atoms with Gasteiger partial charge in [-0.3, -0.25) is 0 Å². The van der Waals surface area contributed by atoms with E-state index in [1.807, 2.05) is 54.0 Å². The largest absolute Gasteiger partial charge is 0.422 e. The van der Waals surface area contributed by atoms with Gasteiger partial charge >= 0.3 is 5.63 Å². The fraction of sp³-hybridized carbons (Fsp3) is 0.304. The Balaban J connectivity index is 1.53. The van der Waals surface area contributed by atoms with Crippen LogP contribution in [0.25, 0.3) is 27.9 Å². The molecule has 0 spiro atoms. The number of hydrogen-bond donors (Lipinski definition) is 0. The van der Waals surface area contributed by atoms with Crippen molar-refractivity contribution in [3.05, 3.63) is 64.8 Å². The fourth-order valence-corrected chi connectivity index (χ4v) is 3.99. The van der Waals surface area contributed by atoms with Crippen LogP contribution in [-0.4, -0.2) is 47.5 Å². The van der Waals surface area contributed by atoms with Gasteiger partial charge in [0, 0.05) is 49.2 Å². The highest BCUT2D eigenvalue weighted by Crippen LogP contribution is 2.26. The molecule has 3 aromatic heterocycles. The minimum absolute atomic E-state index is 0.356. The van der Waals surface area contributed by atoms with Gasteiger partial charge in [-0.05, 0) is 62.8 Å². The van der Waals surface area contributed by atoms with Crippen molar-refractivity contribution in [3.63, 3.8) is 0 Å². The predicted molar refractivity (Wildman–Crippen MR) is 116 cm³/mol. The van der Waals surface area contributed by atoms with Gasteiger partial charge in [-0.1, -0.05) is 0 Å². The Kier molecular flexibility index (Phi) is 4.36. The molecule has 0 radical (unpaired) electrons. The zero-order valence-corrected chi connectivity index (χ0v) is 16.8. The van der Waals surface area contributed by atoms with Crippen LogP contribution in [0.5, 0.6) is 0 Å². The van der Waals surface area contributed by atoms with Gasteiger partial charge in [0.15, 0.2) is 0 Å². The summed E-state index contributed by atoms with van der Waals surface area (Å²) in [6.45, 7) is 6.16. The molecule has 1 fully saturated rings. The number of pyridine rings is 1. The van der Waals surface area contributed by atoms with E-state index < -0.39 is 0 Å². The van der Waals surface area contributed by atoms with Gasteiger partial charge in [-0.15, -0.1) is 0 Å². The molecule has 6 heteroatoms. The normalized spacial score (nSPS) is 15.9. The van der Waals surface area contributed by atoms with Gasteiger partial charge < -0.3 is 18.6 Å². The summed E-state index contributed by atoms with van der Waals surface area (Å²) in [4.78, 5) is 22.1. The number of rotatable bonds is 2. The predicted octanol–water partition coefficient (Wildman–Crippen LogP) is 3.56. The zero-order chi connectivity index (χ0) is 20.0. The topological polar surface area (TPSA) is 54.0 Å². The van der Waals surface area contributed by atoms with Crippen molar-refractivity contribution in [2.24, 2.45) is 0 Å². The minimum Gasteiger partial charge on any atom is -0.422 e. The highest BCUT2D eigenvalue weighted by Gasteiger charge is 2.15. The molecule has 0 saturated carbocycles. The Labute approximate surface area is 169 Å². The van der Waals surface area contributed by atoms with Crippen LogP contribution in [0, 0.1) is 6.92 Å². The molecule has 6 nitrogen and oxygen atoms in total. The summed E-state index contributed by atoms with van der Waals surface area (Å²) < 4.78 is 7.63. The maximum absolute atomic E-state index is 12.7. The fourth-order valence-electron chi connectivity index (χ4n) is 3.99. The van der Waals surface area contributed by atoms with Gasteiger partial charge in [0.1, 0.15) is 11.2 Å².